The number of aryl methyl sites for hydroxylation is 1. The lowest BCUT2D eigenvalue weighted by atomic mass is 9.98. The molecule has 0 saturated carbocycles. The number of fused-ring (bicyclic) bond motifs is 1. The molecule has 0 spiro atoms. The molecule has 1 aliphatic rings. The summed E-state index contributed by atoms with van der Waals surface area (Å²) in [6, 6.07) is 22.1. The summed E-state index contributed by atoms with van der Waals surface area (Å²) >= 11 is 0. The number of benzene rings is 3. The van der Waals surface area contributed by atoms with E-state index in [0.717, 1.165) is 28.0 Å². The first-order valence-electron chi connectivity index (χ1n) is 11.3. The number of imidazole rings is 1. The van der Waals surface area contributed by atoms with E-state index in [1.807, 2.05) is 55.5 Å². The van der Waals surface area contributed by atoms with E-state index in [4.69, 9.17) is 0 Å². The number of hydrogen-bond donors (Lipinski definition) is 2. The summed E-state index contributed by atoms with van der Waals surface area (Å²) in [5.41, 5.74) is 4.34. The highest BCUT2D eigenvalue weighted by molar-refractivity contribution is 7.89. The van der Waals surface area contributed by atoms with Crippen molar-refractivity contribution in [3.05, 3.63) is 78.4 Å². The van der Waals surface area contributed by atoms with Gasteiger partial charge in [0, 0.05) is 24.3 Å². The number of aromatic nitrogens is 2. The molecule has 0 radical (unpaired) electrons. The molecule has 5 rings (SSSR count). The summed E-state index contributed by atoms with van der Waals surface area (Å²) in [5.74, 6) is 0.139. The molecule has 1 saturated heterocycles. The second-order valence-corrected chi connectivity index (χ2v) is 10.6. The molecule has 0 bridgehead atoms. The molecule has 0 aliphatic carbocycles. The number of carbonyl (C=O) groups excluding carboxylic acids is 1. The van der Waals surface area contributed by atoms with Crippen LogP contribution in [0.2, 0.25) is 0 Å². The summed E-state index contributed by atoms with van der Waals surface area (Å²) in [4.78, 5) is 21.2. The number of piperidine rings is 1. The third kappa shape index (κ3) is 4.47. The summed E-state index contributed by atoms with van der Waals surface area (Å²) in [7, 11) is -3.63. The van der Waals surface area contributed by atoms with Crippen molar-refractivity contribution in [2.45, 2.75) is 24.7 Å². The zero-order chi connectivity index (χ0) is 23.7. The highest BCUT2D eigenvalue weighted by Crippen LogP contribution is 2.27. The number of H-pyrrole nitrogens is 1. The van der Waals surface area contributed by atoms with Crippen LogP contribution in [0.25, 0.3) is 22.4 Å². The average molecular weight is 475 g/mol. The standard InChI is InChI=1S/C26H26N4O3S/c1-18-11-13-22(14-12-18)34(32,33)30-15-5-7-20(17-30)26(31)27-21-8-4-6-19(16-21)25-28-23-9-2-3-10-24(23)29-25/h2-4,6,8-14,16,20H,5,7,15,17H2,1H3,(H,27,31)(H,28,29). The maximum Gasteiger partial charge on any atom is 0.243 e. The van der Waals surface area contributed by atoms with Crippen LogP contribution < -0.4 is 5.32 Å². The first-order chi connectivity index (χ1) is 16.4. The molecule has 1 atom stereocenters. The van der Waals surface area contributed by atoms with E-state index in [-0.39, 0.29) is 17.3 Å². The normalized spacial score (nSPS) is 17.0. The highest BCUT2D eigenvalue weighted by atomic mass is 32.2. The van der Waals surface area contributed by atoms with Crippen LogP contribution in [-0.4, -0.2) is 41.7 Å². The molecule has 3 aromatic carbocycles. The van der Waals surface area contributed by atoms with Crippen LogP contribution in [0, 0.1) is 12.8 Å². The Labute approximate surface area is 198 Å². The zero-order valence-electron chi connectivity index (χ0n) is 18.9. The van der Waals surface area contributed by atoms with Crippen LogP contribution in [0.15, 0.2) is 77.7 Å². The Bertz CT molecular complexity index is 1410. The Hall–Kier alpha value is -3.49. The summed E-state index contributed by atoms with van der Waals surface area (Å²) < 4.78 is 27.6. The molecule has 34 heavy (non-hydrogen) atoms. The molecular weight excluding hydrogens is 448 g/mol. The number of nitrogens with one attached hydrogen (secondary N) is 2. The Morgan fingerprint density at radius 2 is 1.85 bits per heavy atom. The number of sulfonamides is 1. The number of para-hydroxylation sites is 2. The number of anilines is 1. The fourth-order valence-electron chi connectivity index (χ4n) is 4.31. The van der Waals surface area contributed by atoms with Crippen molar-refractivity contribution in [1.29, 1.82) is 0 Å². The topological polar surface area (TPSA) is 95.2 Å². The van der Waals surface area contributed by atoms with E-state index in [1.165, 1.54) is 4.31 Å². The van der Waals surface area contributed by atoms with E-state index >= 15 is 0 Å². The molecule has 4 aromatic rings. The quantitative estimate of drug-likeness (QED) is 0.443. The smallest absolute Gasteiger partial charge is 0.243 e. The van der Waals surface area contributed by atoms with Crippen molar-refractivity contribution in [3.8, 4) is 11.4 Å². The Kier molecular flexibility index (Phi) is 5.93. The average Bonchev–Trinajstić information content (AvgIpc) is 3.29. The Morgan fingerprint density at radius 1 is 1.06 bits per heavy atom. The summed E-state index contributed by atoms with van der Waals surface area (Å²) in [5, 5.41) is 2.97. The number of amides is 1. The molecule has 174 valence electrons. The predicted octanol–water partition coefficient (Wildman–Crippen LogP) is 4.58. The van der Waals surface area contributed by atoms with Gasteiger partial charge in [-0.05, 0) is 56.2 Å². The molecule has 1 aromatic heterocycles. The zero-order valence-corrected chi connectivity index (χ0v) is 19.7. The molecule has 7 nitrogen and oxygen atoms in total. The lowest BCUT2D eigenvalue weighted by Crippen LogP contribution is -2.43. The van der Waals surface area contributed by atoms with Crippen LogP contribution in [0.3, 0.4) is 0 Å². The van der Waals surface area contributed by atoms with Gasteiger partial charge >= 0.3 is 0 Å². The van der Waals surface area contributed by atoms with Gasteiger partial charge in [0.05, 0.1) is 21.8 Å². The van der Waals surface area contributed by atoms with Crippen molar-refractivity contribution in [2.24, 2.45) is 5.92 Å². The van der Waals surface area contributed by atoms with Gasteiger partial charge in [-0.25, -0.2) is 13.4 Å². The molecule has 8 heteroatoms. The fourth-order valence-corrected chi connectivity index (χ4v) is 5.84. The highest BCUT2D eigenvalue weighted by Gasteiger charge is 2.33. The van der Waals surface area contributed by atoms with Gasteiger partial charge in [0.1, 0.15) is 5.82 Å². The molecule has 2 heterocycles. The van der Waals surface area contributed by atoms with Crippen LogP contribution in [0.5, 0.6) is 0 Å². The van der Waals surface area contributed by atoms with Gasteiger partial charge in [-0.1, -0.05) is 42.0 Å². The second kappa shape index (κ2) is 9.04. The SMILES string of the molecule is Cc1ccc(S(=O)(=O)N2CCCC(C(=O)Nc3cccc(-c4nc5ccccc5[nH]4)c3)C2)cc1. The molecule has 2 N–H and O–H groups in total. The monoisotopic (exact) mass is 474 g/mol. The van der Waals surface area contributed by atoms with E-state index in [0.29, 0.717) is 25.1 Å². The molecule has 1 fully saturated rings. The number of carbonyl (C=O) groups is 1. The number of nitrogens with zero attached hydrogens (tertiary/aromatic N) is 2. The maximum atomic E-state index is 13.1. The molecular formula is C26H26N4O3S. The van der Waals surface area contributed by atoms with Crippen molar-refractivity contribution in [2.75, 3.05) is 18.4 Å². The van der Waals surface area contributed by atoms with Gasteiger partial charge < -0.3 is 10.3 Å². The molecule has 1 aliphatic heterocycles. The minimum atomic E-state index is -3.63. The van der Waals surface area contributed by atoms with Gasteiger partial charge in [-0.15, -0.1) is 0 Å². The van der Waals surface area contributed by atoms with Crippen molar-refractivity contribution >= 4 is 32.7 Å². The van der Waals surface area contributed by atoms with Crippen molar-refractivity contribution in [3.63, 3.8) is 0 Å². The third-order valence-electron chi connectivity index (χ3n) is 6.21. The lowest BCUT2D eigenvalue weighted by molar-refractivity contribution is -0.120. The summed E-state index contributed by atoms with van der Waals surface area (Å²) in [6.07, 6.45) is 1.29. The Balaban J connectivity index is 1.30. The van der Waals surface area contributed by atoms with Gasteiger partial charge in [-0.2, -0.15) is 4.31 Å². The van der Waals surface area contributed by atoms with Crippen LogP contribution >= 0.6 is 0 Å². The van der Waals surface area contributed by atoms with E-state index in [9.17, 15) is 13.2 Å². The molecule has 1 amide bonds. The number of aromatic amines is 1. The van der Waals surface area contributed by atoms with E-state index in [1.54, 1.807) is 24.3 Å². The molecule has 1 unspecified atom stereocenters. The van der Waals surface area contributed by atoms with Crippen LogP contribution in [0.1, 0.15) is 18.4 Å². The number of hydrogen-bond acceptors (Lipinski definition) is 4. The van der Waals surface area contributed by atoms with E-state index in [2.05, 4.69) is 15.3 Å². The van der Waals surface area contributed by atoms with E-state index < -0.39 is 15.9 Å². The van der Waals surface area contributed by atoms with Gasteiger partial charge in [0.2, 0.25) is 15.9 Å². The fraction of sp³-hybridized carbons (Fsp3) is 0.231. The largest absolute Gasteiger partial charge is 0.338 e. The summed E-state index contributed by atoms with van der Waals surface area (Å²) in [6.45, 7) is 2.51. The first-order valence-corrected chi connectivity index (χ1v) is 12.8. The van der Waals surface area contributed by atoms with Gasteiger partial charge in [0.15, 0.2) is 0 Å². The number of rotatable bonds is 5. The Morgan fingerprint density at radius 3 is 2.65 bits per heavy atom. The maximum absolute atomic E-state index is 13.1. The second-order valence-electron chi connectivity index (χ2n) is 8.69. The van der Waals surface area contributed by atoms with Gasteiger partial charge in [0.25, 0.3) is 0 Å². The van der Waals surface area contributed by atoms with Gasteiger partial charge in [-0.3, -0.25) is 4.79 Å². The lowest BCUT2D eigenvalue weighted by Gasteiger charge is -2.31. The van der Waals surface area contributed by atoms with Crippen LogP contribution in [-0.2, 0) is 14.8 Å². The van der Waals surface area contributed by atoms with Crippen molar-refractivity contribution < 1.29 is 13.2 Å². The minimum Gasteiger partial charge on any atom is -0.338 e. The van der Waals surface area contributed by atoms with Crippen molar-refractivity contribution in [1.82, 2.24) is 14.3 Å². The minimum absolute atomic E-state index is 0.172. The predicted molar refractivity (Wildman–Crippen MR) is 133 cm³/mol. The third-order valence-corrected chi connectivity index (χ3v) is 8.09. The van der Waals surface area contributed by atoms with Crippen LogP contribution in [0.4, 0.5) is 5.69 Å². The first kappa shape index (κ1) is 22.3.